The Morgan fingerprint density at radius 3 is 2.88 bits per heavy atom. The normalized spacial score (nSPS) is 10.8. The van der Waals surface area contributed by atoms with Gasteiger partial charge in [0.05, 0.1) is 18.4 Å². The second-order valence-corrected chi connectivity index (χ2v) is 4.37. The molecule has 1 N–H and O–H groups in total. The summed E-state index contributed by atoms with van der Waals surface area (Å²) >= 11 is 0. The van der Waals surface area contributed by atoms with Gasteiger partial charge in [-0.15, -0.1) is 5.10 Å². The number of aryl methyl sites for hydroxylation is 2. The second kappa shape index (κ2) is 5.10. The number of nitrogens with zero attached hydrogens (tertiary/aromatic N) is 3. The van der Waals surface area contributed by atoms with Gasteiger partial charge in [0.1, 0.15) is 0 Å². The molecule has 0 bridgehead atoms. The average Bonchev–Trinajstić information content (AvgIpc) is 2.72. The van der Waals surface area contributed by atoms with E-state index in [4.69, 9.17) is 0 Å². The lowest BCUT2D eigenvalue weighted by Gasteiger charge is -2.06. The van der Waals surface area contributed by atoms with Crippen molar-refractivity contribution in [3.8, 4) is 0 Å². The highest BCUT2D eigenvalue weighted by Crippen LogP contribution is 2.11. The molecule has 4 heteroatoms. The van der Waals surface area contributed by atoms with E-state index in [-0.39, 0.29) is 0 Å². The van der Waals surface area contributed by atoms with Crippen molar-refractivity contribution in [2.24, 2.45) is 0 Å². The van der Waals surface area contributed by atoms with Crippen LogP contribution in [0.3, 0.4) is 0 Å². The van der Waals surface area contributed by atoms with Gasteiger partial charge in [-0.2, -0.15) is 0 Å². The van der Waals surface area contributed by atoms with E-state index >= 15 is 0 Å². The third kappa shape index (κ3) is 2.91. The molecule has 2 aromatic rings. The van der Waals surface area contributed by atoms with Crippen LogP contribution in [0.25, 0.3) is 0 Å². The van der Waals surface area contributed by atoms with Crippen LogP contribution in [0.1, 0.15) is 22.4 Å². The lowest BCUT2D eigenvalue weighted by Crippen LogP contribution is -2.05. The summed E-state index contributed by atoms with van der Waals surface area (Å²) in [6, 6.07) is 6.48. The maximum atomic E-state index is 4.13. The first-order valence-electron chi connectivity index (χ1n) is 5.79. The molecular weight excluding hydrogens is 212 g/mol. The van der Waals surface area contributed by atoms with Crippen LogP contribution in [-0.4, -0.2) is 22.0 Å². The molecule has 0 saturated carbocycles. The molecular formula is C13H18N4. The van der Waals surface area contributed by atoms with Crippen LogP contribution in [0.2, 0.25) is 0 Å². The van der Waals surface area contributed by atoms with E-state index in [1.165, 1.54) is 16.7 Å². The molecule has 1 aromatic carbocycles. The predicted octanol–water partition coefficient (Wildman–Crippen LogP) is 1.66. The number of nitrogens with one attached hydrogen (secondary N) is 1. The highest BCUT2D eigenvalue weighted by Gasteiger charge is 2.03. The van der Waals surface area contributed by atoms with Crippen LogP contribution >= 0.6 is 0 Å². The van der Waals surface area contributed by atoms with Crippen LogP contribution in [-0.2, 0) is 13.1 Å². The van der Waals surface area contributed by atoms with Gasteiger partial charge in [-0.1, -0.05) is 29.0 Å². The Labute approximate surface area is 102 Å². The van der Waals surface area contributed by atoms with Crippen LogP contribution in [0.5, 0.6) is 0 Å². The molecule has 0 aliphatic rings. The van der Waals surface area contributed by atoms with E-state index in [0.717, 1.165) is 18.8 Å². The van der Waals surface area contributed by atoms with Gasteiger partial charge in [-0.3, -0.25) is 0 Å². The summed E-state index contributed by atoms with van der Waals surface area (Å²) in [4.78, 5) is 0. The number of hydrogen-bond donors (Lipinski definition) is 1. The lowest BCUT2D eigenvalue weighted by atomic mass is 10.1. The van der Waals surface area contributed by atoms with E-state index in [2.05, 4.69) is 47.7 Å². The zero-order chi connectivity index (χ0) is 12.3. The fourth-order valence-electron chi connectivity index (χ4n) is 1.82. The first kappa shape index (κ1) is 11.8. The Bertz CT molecular complexity index is 502. The van der Waals surface area contributed by atoms with E-state index in [0.29, 0.717) is 0 Å². The van der Waals surface area contributed by atoms with Crippen LogP contribution in [0.4, 0.5) is 0 Å². The summed E-state index contributed by atoms with van der Waals surface area (Å²) < 4.78 is 1.88. The zero-order valence-corrected chi connectivity index (χ0v) is 10.6. The maximum Gasteiger partial charge on any atom is 0.0964 e. The first-order chi connectivity index (χ1) is 8.19. The van der Waals surface area contributed by atoms with Gasteiger partial charge in [0.15, 0.2) is 0 Å². The molecule has 0 unspecified atom stereocenters. The monoisotopic (exact) mass is 230 g/mol. The number of aromatic nitrogens is 3. The van der Waals surface area contributed by atoms with Gasteiger partial charge in [-0.05, 0) is 32.0 Å². The minimum atomic E-state index is 0.757. The Balaban J connectivity index is 2.16. The fourth-order valence-corrected chi connectivity index (χ4v) is 1.82. The minimum absolute atomic E-state index is 0.757. The number of benzene rings is 1. The Morgan fingerprint density at radius 1 is 1.29 bits per heavy atom. The topological polar surface area (TPSA) is 42.7 Å². The summed E-state index contributed by atoms with van der Waals surface area (Å²) in [5.74, 6) is 0. The molecule has 1 heterocycles. The number of hydrogen-bond acceptors (Lipinski definition) is 3. The standard InChI is InChI=1S/C13H18N4/c1-10-4-5-11(2)12(6-10)8-17-9-13(7-14-3)15-16-17/h4-6,9,14H,7-8H2,1-3H3. The molecule has 90 valence electrons. The van der Waals surface area contributed by atoms with Gasteiger partial charge in [-0.25, -0.2) is 4.68 Å². The Kier molecular flexibility index (Phi) is 3.54. The van der Waals surface area contributed by atoms with Crippen molar-refractivity contribution in [1.29, 1.82) is 0 Å². The first-order valence-corrected chi connectivity index (χ1v) is 5.79. The van der Waals surface area contributed by atoms with Crippen molar-refractivity contribution in [2.75, 3.05) is 7.05 Å². The molecule has 4 nitrogen and oxygen atoms in total. The smallest absolute Gasteiger partial charge is 0.0964 e. The molecule has 0 aliphatic carbocycles. The van der Waals surface area contributed by atoms with Gasteiger partial charge in [0.25, 0.3) is 0 Å². The summed E-state index contributed by atoms with van der Waals surface area (Å²) in [7, 11) is 1.91. The van der Waals surface area contributed by atoms with Gasteiger partial charge < -0.3 is 5.32 Å². The third-order valence-electron chi connectivity index (χ3n) is 2.78. The molecule has 0 spiro atoms. The van der Waals surface area contributed by atoms with E-state index in [1.54, 1.807) is 0 Å². The summed E-state index contributed by atoms with van der Waals surface area (Å²) in [6.07, 6.45) is 1.98. The molecule has 0 fully saturated rings. The lowest BCUT2D eigenvalue weighted by molar-refractivity contribution is 0.646. The van der Waals surface area contributed by atoms with E-state index < -0.39 is 0 Å². The second-order valence-electron chi connectivity index (χ2n) is 4.37. The van der Waals surface area contributed by atoms with Crippen LogP contribution in [0.15, 0.2) is 24.4 Å². The number of rotatable bonds is 4. The summed E-state index contributed by atoms with van der Waals surface area (Å²) in [5.41, 5.74) is 4.84. The molecule has 1 aromatic heterocycles. The summed E-state index contributed by atoms with van der Waals surface area (Å²) in [6.45, 7) is 5.77. The molecule has 0 atom stereocenters. The maximum absolute atomic E-state index is 4.13. The van der Waals surface area contributed by atoms with Crippen molar-refractivity contribution >= 4 is 0 Å². The van der Waals surface area contributed by atoms with E-state index in [1.807, 2.05) is 17.9 Å². The largest absolute Gasteiger partial charge is 0.314 e. The zero-order valence-electron chi connectivity index (χ0n) is 10.6. The van der Waals surface area contributed by atoms with Crippen molar-refractivity contribution in [3.63, 3.8) is 0 Å². The molecule has 0 amide bonds. The third-order valence-corrected chi connectivity index (χ3v) is 2.78. The van der Waals surface area contributed by atoms with Crippen molar-refractivity contribution in [3.05, 3.63) is 46.8 Å². The summed E-state index contributed by atoms with van der Waals surface area (Å²) in [5, 5.41) is 11.3. The Morgan fingerprint density at radius 2 is 2.12 bits per heavy atom. The predicted molar refractivity (Wildman–Crippen MR) is 67.8 cm³/mol. The average molecular weight is 230 g/mol. The van der Waals surface area contributed by atoms with Crippen molar-refractivity contribution < 1.29 is 0 Å². The highest BCUT2D eigenvalue weighted by atomic mass is 15.4. The van der Waals surface area contributed by atoms with Crippen molar-refractivity contribution in [2.45, 2.75) is 26.9 Å². The van der Waals surface area contributed by atoms with Gasteiger partial charge >= 0.3 is 0 Å². The van der Waals surface area contributed by atoms with Crippen molar-refractivity contribution in [1.82, 2.24) is 20.3 Å². The molecule has 0 aliphatic heterocycles. The van der Waals surface area contributed by atoms with Gasteiger partial charge in [0.2, 0.25) is 0 Å². The van der Waals surface area contributed by atoms with Crippen LogP contribution in [0, 0.1) is 13.8 Å². The van der Waals surface area contributed by atoms with E-state index in [9.17, 15) is 0 Å². The Hall–Kier alpha value is -1.68. The highest BCUT2D eigenvalue weighted by molar-refractivity contribution is 5.30. The molecule has 17 heavy (non-hydrogen) atoms. The SMILES string of the molecule is CNCc1cn(Cc2cc(C)ccc2C)nn1. The fraction of sp³-hybridized carbons (Fsp3) is 0.385. The van der Waals surface area contributed by atoms with Gasteiger partial charge in [0, 0.05) is 6.54 Å². The molecule has 0 saturated heterocycles. The van der Waals surface area contributed by atoms with Crippen LogP contribution < -0.4 is 5.32 Å². The molecule has 2 rings (SSSR count). The quantitative estimate of drug-likeness (QED) is 0.868. The minimum Gasteiger partial charge on any atom is -0.314 e. The molecule has 0 radical (unpaired) electrons.